The van der Waals surface area contributed by atoms with Crippen LogP contribution in [-0.4, -0.2) is 32.0 Å². The van der Waals surface area contributed by atoms with Crippen LogP contribution in [0.15, 0.2) is 54.6 Å². The lowest BCUT2D eigenvalue weighted by atomic mass is 10.1. The second-order valence-electron chi connectivity index (χ2n) is 6.10. The van der Waals surface area contributed by atoms with Crippen LogP contribution in [0.3, 0.4) is 0 Å². The highest BCUT2D eigenvalue weighted by molar-refractivity contribution is 5.95. The quantitative estimate of drug-likeness (QED) is 0.681. The van der Waals surface area contributed by atoms with E-state index in [0.29, 0.717) is 19.4 Å². The van der Waals surface area contributed by atoms with E-state index in [9.17, 15) is 9.59 Å². The van der Waals surface area contributed by atoms with Gasteiger partial charge >= 0.3 is 0 Å². The Bertz CT molecular complexity index is 699. The normalized spacial score (nSPS) is 10.4. The molecule has 2 amide bonds. The maximum Gasteiger partial charge on any atom is 0.231 e. The zero-order chi connectivity index (χ0) is 18.8. The maximum atomic E-state index is 12.6. The first kappa shape index (κ1) is 19.7. The number of likely N-dealkylation sites (N-methyl/N-ethyl adjacent to an activating group) is 1. The minimum absolute atomic E-state index is 0.00492. The van der Waals surface area contributed by atoms with Crippen LogP contribution in [0.1, 0.15) is 25.3 Å². The molecule has 0 aliphatic rings. The van der Waals surface area contributed by atoms with Crippen LogP contribution < -0.4 is 15.5 Å². The second kappa shape index (κ2) is 10.4. The van der Waals surface area contributed by atoms with E-state index in [1.807, 2.05) is 68.6 Å². The Morgan fingerprint density at radius 3 is 2.31 bits per heavy atom. The molecule has 0 aliphatic heterocycles. The number of para-hydroxylation sites is 1. The van der Waals surface area contributed by atoms with Crippen LogP contribution in [0.4, 0.5) is 11.4 Å². The highest BCUT2D eigenvalue weighted by Crippen LogP contribution is 2.16. The summed E-state index contributed by atoms with van der Waals surface area (Å²) in [7, 11) is 1.87. The summed E-state index contributed by atoms with van der Waals surface area (Å²) in [4.78, 5) is 26.2. The Morgan fingerprint density at radius 1 is 1.00 bits per heavy atom. The van der Waals surface area contributed by atoms with Crippen molar-refractivity contribution in [3.63, 3.8) is 0 Å². The smallest absolute Gasteiger partial charge is 0.231 e. The summed E-state index contributed by atoms with van der Waals surface area (Å²) in [6.45, 7) is 3.42. The molecule has 5 nitrogen and oxygen atoms in total. The standard InChI is InChI=1S/C21H27N3O2/c1-3-24(19-8-5-4-6-9-19)21(26)16-17-11-13-18(14-12-17)23-20(25)10-7-15-22-2/h4-6,8-9,11-14,22H,3,7,10,15-16H2,1-2H3,(H,23,25). The van der Waals surface area contributed by atoms with Gasteiger partial charge in [-0.2, -0.15) is 0 Å². The number of anilines is 2. The molecule has 0 aromatic heterocycles. The summed E-state index contributed by atoms with van der Waals surface area (Å²) >= 11 is 0. The summed E-state index contributed by atoms with van der Waals surface area (Å²) in [6.07, 6.45) is 1.63. The Morgan fingerprint density at radius 2 is 1.69 bits per heavy atom. The molecular formula is C21H27N3O2. The fourth-order valence-corrected chi connectivity index (χ4v) is 2.74. The lowest BCUT2D eigenvalue weighted by Gasteiger charge is -2.21. The van der Waals surface area contributed by atoms with Crippen molar-refractivity contribution in [3.05, 3.63) is 60.2 Å². The van der Waals surface area contributed by atoms with E-state index < -0.39 is 0 Å². The fourth-order valence-electron chi connectivity index (χ4n) is 2.74. The van der Waals surface area contributed by atoms with Gasteiger partial charge in [0.15, 0.2) is 0 Å². The van der Waals surface area contributed by atoms with Gasteiger partial charge < -0.3 is 15.5 Å². The van der Waals surface area contributed by atoms with Crippen molar-refractivity contribution < 1.29 is 9.59 Å². The first-order valence-electron chi connectivity index (χ1n) is 9.03. The molecule has 26 heavy (non-hydrogen) atoms. The molecule has 5 heteroatoms. The highest BCUT2D eigenvalue weighted by atomic mass is 16.2. The molecule has 0 heterocycles. The molecule has 0 spiro atoms. The molecule has 0 radical (unpaired) electrons. The third-order valence-corrected chi connectivity index (χ3v) is 4.11. The zero-order valence-electron chi connectivity index (χ0n) is 15.5. The molecule has 0 unspecified atom stereocenters. The van der Waals surface area contributed by atoms with E-state index >= 15 is 0 Å². The van der Waals surface area contributed by atoms with E-state index in [1.165, 1.54) is 0 Å². The predicted molar refractivity (Wildman–Crippen MR) is 106 cm³/mol. The Hall–Kier alpha value is -2.66. The summed E-state index contributed by atoms with van der Waals surface area (Å²) < 4.78 is 0. The molecule has 0 saturated carbocycles. The monoisotopic (exact) mass is 353 g/mol. The van der Waals surface area contributed by atoms with E-state index in [0.717, 1.165) is 29.9 Å². The summed E-state index contributed by atoms with van der Waals surface area (Å²) in [6, 6.07) is 17.1. The number of carbonyl (C=O) groups excluding carboxylic acids is 2. The molecule has 0 saturated heterocycles. The fraction of sp³-hybridized carbons (Fsp3) is 0.333. The average molecular weight is 353 g/mol. The van der Waals surface area contributed by atoms with Gasteiger partial charge in [0.25, 0.3) is 0 Å². The van der Waals surface area contributed by atoms with Gasteiger partial charge in [0.1, 0.15) is 0 Å². The van der Waals surface area contributed by atoms with E-state index in [-0.39, 0.29) is 11.8 Å². The van der Waals surface area contributed by atoms with Crippen molar-refractivity contribution in [2.75, 3.05) is 30.4 Å². The molecule has 138 valence electrons. The third kappa shape index (κ3) is 6.01. The number of hydrogen-bond donors (Lipinski definition) is 2. The van der Waals surface area contributed by atoms with Gasteiger partial charge in [0.2, 0.25) is 11.8 Å². The average Bonchev–Trinajstić information content (AvgIpc) is 2.65. The van der Waals surface area contributed by atoms with E-state index in [2.05, 4.69) is 10.6 Å². The largest absolute Gasteiger partial charge is 0.326 e. The first-order valence-corrected chi connectivity index (χ1v) is 9.03. The number of nitrogens with one attached hydrogen (secondary N) is 2. The summed E-state index contributed by atoms with van der Waals surface area (Å²) in [5.74, 6) is 0.0628. The Labute approximate surface area is 155 Å². The first-order chi connectivity index (χ1) is 12.6. The number of carbonyl (C=O) groups is 2. The number of hydrogen-bond acceptors (Lipinski definition) is 3. The van der Waals surface area contributed by atoms with Gasteiger partial charge in [-0.05, 0) is 56.8 Å². The van der Waals surface area contributed by atoms with E-state index in [1.54, 1.807) is 4.90 Å². The van der Waals surface area contributed by atoms with E-state index in [4.69, 9.17) is 0 Å². The van der Waals surface area contributed by atoms with Crippen molar-refractivity contribution in [2.24, 2.45) is 0 Å². The van der Waals surface area contributed by atoms with Crippen molar-refractivity contribution in [2.45, 2.75) is 26.2 Å². The summed E-state index contributed by atoms with van der Waals surface area (Å²) in [5, 5.41) is 5.90. The van der Waals surface area contributed by atoms with Gasteiger partial charge in [0, 0.05) is 24.3 Å². The Balaban J connectivity index is 1.91. The molecule has 2 aromatic rings. The van der Waals surface area contributed by atoms with Gasteiger partial charge in [-0.1, -0.05) is 30.3 Å². The minimum Gasteiger partial charge on any atom is -0.326 e. The zero-order valence-corrected chi connectivity index (χ0v) is 15.5. The van der Waals surface area contributed by atoms with Crippen molar-refractivity contribution in [3.8, 4) is 0 Å². The van der Waals surface area contributed by atoms with Crippen LogP contribution in [0.25, 0.3) is 0 Å². The number of nitrogens with zero attached hydrogens (tertiary/aromatic N) is 1. The second-order valence-corrected chi connectivity index (χ2v) is 6.10. The van der Waals surface area contributed by atoms with Crippen LogP contribution in [0.5, 0.6) is 0 Å². The molecule has 0 bridgehead atoms. The lowest BCUT2D eigenvalue weighted by Crippen LogP contribution is -2.31. The van der Waals surface area contributed by atoms with Crippen LogP contribution in [0.2, 0.25) is 0 Å². The predicted octanol–water partition coefficient (Wildman–Crippen LogP) is 3.22. The SMILES string of the molecule is CCN(C(=O)Cc1ccc(NC(=O)CCCNC)cc1)c1ccccc1. The maximum absolute atomic E-state index is 12.6. The third-order valence-electron chi connectivity index (χ3n) is 4.11. The topological polar surface area (TPSA) is 61.4 Å². The number of benzene rings is 2. The van der Waals surface area contributed by atoms with Gasteiger partial charge in [-0.15, -0.1) is 0 Å². The number of amides is 2. The molecule has 2 rings (SSSR count). The number of rotatable bonds is 9. The Kier molecular flexibility index (Phi) is 7.83. The van der Waals surface area contributed by atoms with Crippen LogP contribution in [0, 0.1) is 0 Å². The van der Waals surface area contributed by atoms with Crippen molar-refractivity contribution in [1.82, 2.24) is 5.32 Å². The van der Waals surface area contributed by atoms with Crippen LogP contribution in [-0.2, 0) is 16.0 Å². The lowest BCUT2D eigenvalue weighted by molar-refractivity contribution is -0.118. The van der Waals surface area contributed by atoms with Crippen molar-refractivity contribution in [1.29, 1.82) is 0 Å². The molecule has 0 fully saturated rings. The highest BCUT2D eigenvalue weighted by Gasteiger charge is 2.14. The van der Waals surface area contributed by atoms with Gasteiger partial charge in [-0.25, -0.2) is 0 Å². The molecule has 2 N–H and O–H groups in total. The molecular weight excluding hydrogens is 326 g/mol. The van der Waals surface area contributed by atoms with Crippen molar-refractivity contribution >= 4 is 23.2 Å². The molecule has 0 atom stereocenters. The van der Waals surface area contributed by atoms with Gasteiger partial charge in [0.05, 0.1) is 6.42 Å². The van der Waals surface area contributed by atoms with Crippen LogP contribution >= 0.6 is 0 Å². The molecule has 2 aromatic carbocycles. The summed E-state index contributed by atoms with van der Waals surface area (Å²) in [5.41, 5.74) is 2.59. The van der Waals surface area contributed by atoms with Gasteiger partial charge in [-0.3, -0.25) is 9.59 Å². The minimum atomic E-state index is 0.00492. The molecule has 0 aliphatic carbocycles.